The average Bonchev–Trinajstić information content (AvgIpc) is 2.37. The van der Waals surface area contributed by atoms with Crippen molar-refractivity contribution in [2.75, 3.05) is 22.6 Å². The Bertz CT molecular complexity index is 499. The maximum absolute atomic E-state index is 11.1. The third-order valence-corrected chi connectivity index (χ3v) is 3.33. The molecule has 1 rings (SSSR count). The number of nitrogens with zero attached hydrogens (tertiary/aromatic N) is 3. The van der Waals surface area contributed by atoms with Gasteiger partial charge in [0, 0.05) is 0 Å². The fourth-order valence-electron chi connectivity index (χ4n) is 1.45. The van der Waals surface area contributed by atoms with Gasteiger partial charge in [-0.25, -0.2) is 14.8 Å². The van der Waals surface area contributed by atoms with Crippen LogP contribution in [0.15, 0.2) is 6.33 Å². The number of aromatic nitrogens is 2. The summed E-state index contributed by atoms with van der Waals surface area (Å²) in [4.78, 5) is 28.5. The van der Waals surface area contributed by atoms with Gasteiger partial charge in [0.25, 0.3) is 0 Å². The Morgan fingerprint density at radius 3 is 2.90 bits per heavy atom. The molecule has 0 aromatic carbocycles. The first-order chi connectivity index (χ1) is 9.47. The highest BCUT2D eigenvalue weighted by molar-refractivity contribution is 7.99. The third kappa shape index (κ3) is 4.23. The second kappa shape index (κ2) is 7.48. The SMILES string of the molecule is CCSCCC(Nc1ncnc(N)c1[N+](=O)[O-])C(=O)O. The fourth-order valence-corrected chi connectivity index (χ4v) is 2.14. The highest BCUT2D eigenvalue weighted by Gasteiger charge is 2.25. The van der Waals surface area contributed by atoms with Gasteiger partial charge in [0.05, 0.1) is 4.92 Å². The summed E-state index contributed by atoms with van der Waals surface area (Å²) < 4.78 is 0. The van der Waals surface area contributed by atoms with E-state index < -0.39 is 22.6 Å². The lowest BCUT2D eigenvalue weighted by Crippen LogP contribution is -2.30. The van der Waals surface area contributed by atoms with Crippen LogP contribution in [-0.4, -0.2) is 43.5 Å². The van der Waals surface area contributed by atoms with Gasteiger partial charge in [-0.15, -0.1) is 0 Å². The van der Waals surface area contributed by atoms with Crippen LogP contribution in [0.3, 0.4) is 0 Å². The van der Waals surface area contributed by atoms with Crippen LogP contribution in [0.5, 0.6) is 0 Å². The van der Waals surface area contributed by atoms with E-state index in [2.05, 4.69) is 15.3 Å². The highest BCUT2D eigenvalue weighted by Crippen LogP contribution is 2.27. The van der Waals surface area contributed by atoms with Crippen molar-refractivity contribution < 1.29 is 14.8 Å². The number of nitrogen functional groups attached to an aromatic ring is 1. The third-order valence-electron chi connectivity index (χ3n) is 2.40. The number of hydrogen-bond acceptors (Lipinski definition) is 8. The topological polar surface area (TPSA) is 144 Å². The molecule has 0 saturated heterocycles. The summed E-state index contributed by atoms with van der Waals surface area (Å²) in [6, 6.07) is -0.970. The zero-order valence-corrected chi connectivity index (χ0v) is 11.6. The standard InChI is InChI=1S/C10H15N5O4S/c1-2-20-4-3-6(10(16)17)14-9-7(15(18)19)8(11)12-5-13-9/h5-6H,2-4H2,1H3,(H,16,17)(H3,11,12,13,14). The number of carboxylic acid groups (broad SMARTS) is 1. The molecule has 20 heavy (non-hydrogen) atoms. The minimum absolute atomic E-state index is 0.184. The summed E-state index contributed by atoms with van der Waals surface area (Å²) in [6.07, 6.45) is 1.36. The first kappa shape index (κ1) is 16.0. The van der Waals surface area contributed by atoms with Gasteiger partial charge in [0.15, 0.2) is 0 Å². The predicted octanol–water partition coefficient (Wildman–Crippen LogP) is 0.975. The Kier molecular flexibility index (Phi) is 5.97. The van der Waals surface area contributed by atoms with E-state index in [4.69, 9.17) is 10.8 Å². The van der Waals surface area contributed by atoms with Crippen LogP contribution >= 0.6 is 11.8 Å². The van der Waals surface area contributed by atoms with Crippen molar-refractivity contribution in [1.29, 1.82) is 0 Å². The average molecular weight is 301 g/mol. The van der Waals surface area contributed by atoms with E-state index in [1.165, 1.54) is 0 Å². The first-order valence-corrected chi connectivity index (χ1v) is 6.94. The van der Waals surface area contributed by atoms with E-state index >= 15 is 0 Å². The number of hydrogen-bond donors (Lipinski definition) is 3. The Morgan fingerprint density at radius 2 is 2.35 bits per heavy atom. The molecular formula is C10H15N5O4S. The normalized spacial score (nSPS) is 11.8. The Hall–Kier alpha value is -2.10. The van der Waals surface area contributed by atoms with Crippen molar-refractivity contribution in [3.8, 4) is 0 Å². The number of nitro groups is 1. The van der Waals surface area contributed by atoms with Gasteiger partial charge in [-0.05, 0) is 17.9 Å². The quantitative estimate of drug-likeness (QED) is 0.363. The van der Waals surface area contributed by atoms with E-state index in [1.54, 1.807) is 11.8 Å². The molecule has 0 spiro atoms. The van der Waals surface area contributed by atoms with E-state index in [9.17, 15) is 14.9 Å². The lowest BCUT2D eigenvalue weighted by molar-refractivity contribution is -0.383. The number of rotatable bonds is 8. The molecule has 1 atom stereocenters. The highest BCUT2D eigenvalue weighted by atomic mass is 32.2. The molecule has 1 heterocycles. The van der Waals surface area contributed by atoms with Gasteiger partial charge in [-0.3, -0.25) is 10.1 Å². The fraction of sp³-hybridized carbons (Fsp3) is 0.500. The summed E-state index contributed by atoms with van der Waals surface area (Å²) in [7, 11) is 0. The van der Waals surface area contributed by atoms with E-state index in [0.29, 0.717) is 12.2 Å². The molecular weight excluding hydrogens is 286 g/mol. The molecule has 4 N–H and O–H groups in total. The number of nitrogens with one attached hydrogen (secondary N) is 1. The monoisotopic (exact) mass is 301 g/mol. The second-order valence-electron chi connectivity index (χ2n) is 3.73. The molecule has 1 unspecified atom stereocenters. The number of thioether (sulfide) groups is 1. The number of aliphatic carboxylic acids is 1. The second-order valence-corrected chi connectivity index (χ2v) is 5.13. The molecule has 110 valence electrons. The summed E-state index contributed by atoms with van der Waals surface area (Å²) in [5.74, 6) is -0.106. The van der Waals surface area contributed by atoms with Crippen LogP contribution < -0.4 is 11.1 Å². The molecule has 0 saturated carbocycles. The van der Waals surface area contributed by atoms with Crippen molar-refractivity contribution >= 4 is 35.1 Å². The first-order valence-electron chi connectivity index (χ1n) is 5.79. The van der Waals surface area contributed by atoms with E-state index in [-0.39, 0.29) is 11.6 Å². The Labute approximate surface area is 119 Å². The van der Waals surface area contributed by atoms with Gasteiger partial charge < -0.3 is 16.2 Å². The van der Waals surface area contributed by atoms with Gasteiger partial charge in [0.1, 0.15) is 12.4 Å². The predicted molar refractivity (Wildman–Crippen MR) is 75.8 cm³/mol. The van der Waals surface area contributed by atoms with Gasteiger partial charge in [0.2, 0.25) is 11.6 Å². The molecule has 0 aliphatic carbocycles. The van der Waals surface area contributed by atoms with Crippen LogP contribution in [0, 0.1) is 10.1 Å². The van der Waals surface area contributed by atoms with Gasteiger partial charge >= 0.3 is 11.7 Å². The lowest BCUT2D eigenvalue weighted by Gasteiger charge is -2.14. The van der Waals surface area contributed by atoms with Crippen LogP contribution in [0.4, 0.5) is 17.3 Å². The van der Waals surface area contributed by atoms with Crippen molar-refractivity contribution in [2.24, 2.45) is 0 Å². The molecule has 1 aromatic heterocycles. The maximum Gasteiger partial charge on any atom is 0.353 e. The summed E-state index contributed by atoms with van der Waals surface area (Å²) in [5, 5.41) is 22.6. The summed E-state index contributed by atoms with van der Waals surface area (Å²) >= 11 is 1.58. The molecule has 10 heteroatoms. The smallest absolute Gasteiger partial charge is 0.353 e. The van der Waals surface area contributed by atoms with Crippen molar-refractivity contribution in [2.45, 2.75) is 19.4 Å². The zero-order chi connectivity index (χ0) is 15.1. The Morgan fingerprint density at radius 1 is 1.65 bits per heavy atom. The lowest BCUT2D eigenvalue weighted by atomic mass is 10.2. The van der Waals surface area contributed by atoms with Crippen molar-refractivity contribution in [3.63, 3.8) is 0 Å². The molecule has 0 amide bonds. The number of nitrogens with two attached hydrogens (primary N) is 1. The molecule has 0 fully saturated rings. The van der Waals surface area contributed by atoms with Crippen molar-refractivity contribution in [1.82, 2.24) is 9.97 Å². The molecule has 9 nitrogen and oxygen atoms in total. The zero-order valence-electron chi connectivity index (χ0n) is 10.8. The molecule has 1 aromatic rings. The minimum atomic E-state index is -1.10. The van der Waals surface area contributed by atoms with Crippen LogP contribution in [0.2, 0.25) is 0 Å². The van der Waals surface area contributed by atoms with Crippen LogP contribution in [0.1, 0.15) is 13.3 Å². The molecule has 0 aliphatic rings. The number of carboxylic acids is 1. The summed E-state index contributed by atoms with van der Waals surface area (Å²) in [5.41, 5.74) is 4.90. The largest absolute Gasteiger partial charge is 0.480 e. The van der Waals surface area contributed by atoms with Crippen LogP contribution in [-0.2, 0) is 4.79 Å². The van der Waals surface area contributed by atoms with E-state index in [1.807, 2.05) is 6.92 Å². The summed E-state index contributed by atoms with van der Waals surface area (Å²) in [6.45, 7) is 1.96. The molecule has 0 aliphatic heterocycles. The maximum atomic E-state index is 11.1. The minimum Gasteiger partial charge on any atom is -0.480 e. The van der Waals surface area contributed by atoms with Gasteiger partial charge in [-0.1, -0.05) is 6.92 Å². The Balaban J connectivity index is 2.91. The molecule has 0 bridgehead atoms. The van der Waals surface area contributed by atoms with E-state index in [0.717, 1.165) is 12.1 Å². The van der Waals surface area contributed by atoms with Crippen LogP contribution in [0.25, 0.3) is 0 Å². The number of anilines is 2. The molecule has 0 radical (unpaired) electrons. The van der Waals surface area contributed by atoms with Gasteiger partial charge in [-0.2, -0.15) is 11.8 Å². The van der Waals surface area contributed by atoms with Crippen molar-refractivity contribution in [3.05, 3.63) is 16.4 Å². The number of carbonyl (C=O) groups is 1.